The molecule has 2 heterocycles. The predicted octanol–water partition coefficient (Wildman–Crippen LogP) is 5.82. The number of hydrogen-bond acceptors (Lipinski definition) is 9. The van der Waals surface area contributed by atoms with Gasteiger partial charge in [0.05, 0.1) is 26.0 Å². The Labute approximate surface area is 272 Å². The minimum absolute atomic E-state index is 0.0709. The number of carbonyl (C=O) groups is 2. The molecular formula is C31H37Cl2N7O5. The van der Waals surface area contributed by atoms with Crippen molar-refractivity contribution in [1.29, 1.82) is 0 Å². The third-order valence-corrected chi connectivity index (χ3v) is 8.74. The van der Waals surface area contributed by atoms with Crippen LogP contribution in [0.4, 0.5) is 33.5 Å². The minimum atomic E-state index is -0.536. The topological polar surface area (TPSA) is 121 Å². The van der Waals surface area contributed by atoms with Crippen LogP contribution in [0.3, 0.4) is 0 Å². The summed E-state index contributed by atoms with van der Waals surface area (Å²) >= 11 is 12.8. The van der Waals surface area contributed by atoms with Gasteiger partial charge in [0.25, 0.3) is 0 Å². The molecule has 5 rings (SSSR count). The molecule has 0 bridgehead atoms. The molecule has 12 nitrogen and oxygen atoms in total. The van der Waals surface area contributed by atoms with E-state index in [1.54, 1.807) is 13.1 Å². The fourth-order valence-corrected chi connectivity index (χ4v) is 5.94. The number of ether oxygens (including phenoxy) is 3. The quantitative estimate of drug-likeness (QED) is 0.278. The summed E-state index contributed by atoms with van der Waals surface area (Å²) in [7, 11) is 4.47. The lowest BCUT2D eigenvalue weighted by molar-refractivity contribution is -0.138. The van der Waals surface area contributed by atoms with Crippen LogP contribution in [0.1, 0.15) is 25.7 Å². The van der Waals surface area contributed by atoms with Crippen molar-refractivity contribution >= 4 is 63.8 Å². The van der Waals surface area contributed by atoms with Gasteiger partial charge < -0.3 is 34.6 Å². The highest BCUT2D eigenvalue weighted by Crippen LogP contribution is 2.44. The molecule has 14 heteroatoms. The van der Waals surface area contributed by atoms with E-state index in [1.165, 1.54) is 44.4 Å². The Balaban J connectivity index is 1.15. The lowest BCUT2D eigenvalue weighted by atomic mass is 10.2. The van der Waals surface area contributed by atoms with Gasteiger partial charge in [0.15, 0.2) is 0 Å². The second-order valence-electron chi connectivity index (χ2n) is 10.8. The number of methoxy groups -OCH3 is 2. The van der Waals surface area contributed by atoms with E-state index in [-0.39, 0.29) is 34.4 Å². The van der Waals surface area contributed by atoms with Gasteiger partial charge in [0, 0.05) is 56.7 Å². The lowest BCUT2D eigenvalue weighted by Crippen LogP contribution is -2.50. The molecule has 2 N–H and O–H groups in total. The first-order valence-corrected chi connectivity index (χ1v) is 15.5. The number of hydrogen-bond donors (Lipinski definition) is 2. The summed E-state index contributed by atoms with van der Waals surface area (Å²) < 4.78 is 16.4. The summed E-state index contributed by atoms with van der Waals surface area (Å²) in [6.07, 6.45) is 6.11. The van der Waals surface area contributed by atoms with Crippen LogP contribution in [0, 0.1) is 0 Å². The number of amides is 3. The summed E-state index contributed by atoms with van der Waals surface area (Å²) in [5.74, 6) is 1.50. The Kier molecular flexibility index (Phi) is 10.7. The molecule has 45 heavy (non-hydrogen) atoms. The van der Waals surface area contributed by atoms with Gasteiger partial charge in [-0.15, -0.1) is 0 Å². The molecule has 3 amide bonds. The second-order valence-corrected chi connectivity index (χ2v) is 11.5. The van der Waals surface area contributed by atoms with E-state index < -0.39 is 6.03 Å². The molecule has 240 valence electrons. The maximum Gasteiger partial charge on any atom is 0.327 e. The van der Waals surface area contributed by atoms with Crippen LogP contribution in [-0.4, -0.2) is 87.0 Å². The van der Waals surface area contributed by atoms with Crippen molar-refractivity contribution in [1.82, 2.24) is 14.9 Å². The van der Waals surface area contributed by atoms with E-state index in [4.69, 9.17) is 37.4 Å². The molecular weight excluding hydrogens is 621 g/mol. The maximum atomic E-state index is 13.1. The van der Waals surface area contributed by atoms with Crippen molar-refractivity contribution < 1.29 is 23.8 Å². The Morgan fingerprint density at radius 1 is 0.956 bits per heavy atom. The van der Waals surface area contributed by atoms with E-state index in [1.807, 2.05) is 29.2 Å². The van der Waals surface area contributed by atoms with Crippen LogP contribution in [0.2, 0.25) is 10.0 Å². The fraction of sp³-hybridized carbons (Fsp3) is 0.419. The number of piperazine rings is 1. The maximum absolute atomic E-state index is 13.1. The average Bonchev–Trinajstić information content (AvgIpc) is 3.60. The molecule has 1 aliphatic heterocycles. The highest BCUT2D eigenvalue weighted by Gasteiger charge is 2.24. The van der Waals surface area contributed by atoms with Crippen molar-refractivity contribution in [3.63, 3.8) is 0 Å². The number of urea groups is 1. The summed E-state index contributed by atoms with van der Waals surface area (Å²) in [6.45, 7) is 3.02. The number of anilines is 5. The van der Waals surface area contributed by atoms with E-state index in [0.717, 1.165) is 37.3 Å². The molecule has 0 atom stereocenters. The van der Waals surface area contributed by atoms with Crippen molar-refractivity contribution in [3.05, 3.63) is 52.8 Å². The summed E-state index contributed by atoms with van der Waals surface area (Å²) in [5, 5.41) is 6.24. The molecule has 0 spiro atoms. The first kappa shape index (κ1) is 32.4. The smallest absolute Gasteiger partial charge is 0.327 e. The summed E-state index contributed by atoms with van der Waals surface area (Å²) in [6, 6.07) is 10.6. The van der Waals surface area contributed by atoms with Crippen LogP contribution in [0.25, 0.3) is 0 Å². The molecule has 3 aromatic rings. The average molecular weight is 659 g/mol. The third-order valence-electron chi connectivity index (χ3n) is 7.99. The number of nitrogens with one attached hydrogen (secondary N) is 2. The van der Waals surface area contributed by atoms with Crippen molar-refractivity contribution in [3.8, 4) is 11.5 Å². The highest BCUT2D eigenvalue weighted by molar-refractivity contribution is 6.41. The monoisotopic (exact) mass is 657 g/mol. The number of aromatic nitrogens is 2. The van der Waals surface area contributed by atoms with Gasteiger partial charge >= 0.3 is 6.03 Å². The van der Waals surface area contributed by atoms with Gasteiger partial charge in [0.2, 0.25) is 5.91 Å². The van der Waals surface area contributed by atoms with Crippen LogP contribution in [-0.2, 0) is 9.53 Å². The normalized spacial score (nSPS) is 15.1. The number of carbonyl (C=O) groups excluding carboxylic acids is 2. The molecule has 2 aliphatic rings. The van der Waals surface area contributed by atoms with Gasteiger partial charge in [-0.05, 0) is 37.1 Å². The van der Waals surface area contributed by atoms with Crippen molar-refractivity contribution in [2.75, 3.05) is 74.5 Å². The summed E-state index contributed by atoms with van der Waals surface area (Å²) in [5.41, 5.74) is 2.04. The first-order valence-electron chi connectivity index (χ1n) is 14.8. The number of rotatable bonds is 10. The zero-order valence-corrected chi connectivity index (χ0v) is 27.0. The zero-order valence-electron chi connectivity index (χ0n) is 25.5. The number of benzene rings is 2. The van der Waals surface area contributed by atoms with Crippen molar-refractivity contribution in [2.24, 2.45) is 0 Å². The van der Waals surface area contributed by atoms with E-state index in [0.29, 0.717) is 36.2 Å². The van der Waals surface area contributed by atoms with Gasteiger partial charge in [-0.1, -0.05) is 36.0 Å². The molecule has 2 fully saturated rings. The molecule has 0 unspecified atom stereocenters. The Bertz CT molecular complexity index is 1470. The van der Waals surface area contributed by atoms with Crippen molar-refractivity contribution in [2.45, 2.75) is 31.8 Å². The first-order chi connectivity index (χ1) is 21.8. The van der Waals surface area contributed by atoms with Gasteiger partial charge in [-0.2, -0.15) is 0 Å². The largest absolute Gasteiger partial charge is 0.495 e. The Morgan fingerprint density at radius 2 is 1.60 bits per heavy atom. The Morgan fingerprint density at radius 3 is 2.22 bits per heavy atom. The van der Waals surface area contributed by atoms with E-state index in [9.17, 15) is 9.59 Å². The lowest BCUT2D eigenvalue weighted by Gasteiger charge is -2.36. The van der Waals surface area contributed by atoms with Crippen LogP contribution < -0.4 is 29.9 Å². The molecule has 1 aliphatic carbocycles. The second kappa shape index (κ2) is 14.9. The molecule has 0 radical (unpaired) electrons. The summed E-state index contributed by atoms with van der Waals surface area (Å²) in [4.78, 5) is 39.7. The molecule has 1 saturated carbocycles. The predicted molar refractivity (Wildman–Crippen MR) is 176 cm³/mol. The number of nitrogens with zero attached hydrogens (tertiary/aromatic N) is 5. The van der Waals surface area contributed by atoms with Gasteiger partial charge in [-0.25, -0.2) is 14.8 Å². The third kappa shape index (κ3) is 7.81. The highest BCUT2D eigenvalue weighted by atomic mass is 35.5. The van der Waals surface area contributed by atoms with Gasteiger partial charge in [0.1, 0.15) is 46.1 Å². The van der Waals surface area contributed by atoms with Crippen LogP contribution in [0.5, 0.6) is 11.5 Å². The fourth-order valence-electron chi connectivity index (χ4n) is 5.34. The Hall–Kier alpha value is -4.00. The zero-order chi connectivity index (χ0) is 31.9. The van der Waals surface area contributed by atoms with Crippen LogP contribution in [0.15, 0.2) is 42.7 Å². The van der Waals surface area contributed by atoms with Crippen LogP contribution >= 0.6 is 23.2 Å². The molecule has 2 aromatic carbocycles. The van der Waals surface area contributed by atoms with E-state index >= 15 is 0 Å². The minimum Gasteiger partial charge on any atom is -0.495 e. The van der Waals surface area contributed by atoms with E-state index in [2.05, 4.69) is 25.5 Å². The molecule has 1 aromatic heterocycles. The standard InChI is InChI=1S/C31H37Cl2N7O5/c1-38(31(42)37-30-28(32)23(43-2)16-24(44-3)29(30)33)26-17-25(34-19-35-26)36-20-8-10-21(11-9-20)39-12-14-40(15-13-39)27(41)18-45-22-6-4-5-7-22/h8-11,16-17,19,22H,4-7,12-15,18H2,1-3H3,(H,37,42)(H,34,35,36). The SMILES string of the molecule is COc1cc(OC)c(Cl)c(NC(=O)N(C)c2cc(Nc3ccc(N4CCN(C(=O)COC5CCCC5)CC4)cc3)ncn2)c1Cl. The van der Waals surface area contributed by atoms with Gasteiger partial charge in [-0.3, -0.25) is 9.69 Å². The molecule has 1 saturated heterocycles. The number of halogens is 2.